The quantitative estimate of drug-likeness (QED) is 0.644. The molecule has 0 spiro atoms. The molecular formula is C11H11NO5. The Labute approximate surface area is 96.9 Å². The molecule has 1 aliphatic carbocycles. The summed E-state index contributed by atoms with van der Waals surface area (Å²) in [5, 5.41) is 11.6. The Hall–Kier alpha value is -2.11. The van der Waals surface area contributed by atoms with Gasteiger partial charge in [-0.25, -0.2) is 4.79 Å². The van der Waals surface area contributed by atoms with Crippen LogP contribution in [0.3, 0.4) is 0 Å². The number of hydrogen-bond donors (Lipinski definition) is 2. The molecule has 2 N–H and O–H groups in total. The van der Waals surface area contributed by atoms with E-state index in [1.54, 1.807) is 0 Å². The van der Waals surface area contributed by atoms with Crippen molar-refractivity contribution in [3.05, 3.63) is 23.4 Å². The van der Waals surface area contributed by atoms with Crippen molar-refractivity contribution < 1.29 is 24.2 Å². The summed E-state index contributed by atoms with van der Waals surface area (Å²) in [6.07, 6.45) is 2.13. The summed E-state index contributed by atoms with van der Waals surface area (Å²) >= 11 is 0. The minimum atomic E-state index is -0.974. The Balaban J connectivity index is 2.20. The van der Waals surface area contributed by atoms with Crippen LogP contribution >= 0.6 is 0 Å². The molecule has 1 saturated heterocycles. The molecule has 2 atom stereocenters. The number of ketones is 1. The molecule has 6 heteroatoms. The van der Waals surface area contributed by atoms with Gasteiger partial charge in [-0.15, -0.1) is 0 Å². The fraction of sp³-hybridized carbons (Fsp3) is 0.364. The highest BCUT2D eigenvalue weighted by atomic mass is 16.5. The van der Waals surface area contributed by atoms with E-state index in [1.165, 1.54) is 19.1 Å². The number of carboxylic acid groups (broad SMARTS) is 1. The molecule has 0 aromatic rings. The average molecular weight is 237 g/mol. The van der Waals surface area contributed by atoms with Gasteiger partial charge in [-0.2, -0.15) is 0 Å². The maximum absolute atomic E-state index is 11.6. The maximum Gasteiger partial charge on any atom is 0.326 e. The summed E-state index contributed by atoms with van der Waals surface area (Å²) in [5.74, 6) is -1.88. The summed E-state index contributed by atoms with van der Waals surface area (Å²) in [6.45, 7) is 1.22. The van der Waals surface area contributed by atoms with Crippen LogP contribution in [0.25, 0.3) is 0 Å². The van der Waals surface area contributed by atoms with Gasteiger partial charge in [0.05, 0.1) is 0 Å². The van der Waals surface area contributed by atoms with E-state index >= 15 is 0 Å². The number of fused-ring (bicyclic) bond motifs is 1. The molecule has 2 unspecified atom stereocenters. The van der Waals surface area contributed by atoms with Crippen molar-refractivity contribution >= 4 is 17.7 Å². The van der Waals surface area contributed by atoms with E-state index in [1.807, 2.05) is 0 Å². The second-order valence-corrected chi connectivity index (χ2v) is 3.92. The number of carbonyl (C=O) groups excluding carboxylic acids is 2. The van der Waals surface area contributed by atoms with Crippen LogP contribution in [0.4, 0.5) is 0 Å². The first-order valence-electron chi connectivity index (χ1n) is 5.10. The molecule has 0 saturated carbocycles. The van der Waals surface area contributed by atoms with Gasteiger partial charge in [0.25, 0.3) is 0 Å². The van der Waals surface area contributed by atoms with Gasteiger partial charge in [-0.1, -0.05) is 0 Å². The standard InChI is InChI=1S/C11H11NO5/c1-5(13)17-10-3-6-2-8(11(15)16)12-7(6)4-9(10)14/h3-4,8,10,12H,2H2,1H3,(H,15,16). The lowest BCUT2D eigenvalue weighted by molar-refractivity contribution is -0.148. The topological polar surface area (TPSA) is 92.7 Å². The third kappa shape index (κ3) is 2.20. The van der Waals surface area contributed by atoms with Crippen molar-refractivity contribution in [2.75, 3.05) is 0 Å². The molecule has 0 bridgehead atoms. The number of aliphatic carboxylic acids is 1. The number of nitrogens with one attached hydrogen (secondary N) is 1. The second kappa shape index (κ2) is 4.04. The maximum atomic E-state index is 11.6. The second-order valence-electron chi connectivity index (χ2n) is 3.92. The minimum Gasteiger partial charge on any atom is -0.480 e. The monoisotopic (exact) mass is 237 g/mol. The Morgan fingerprint density at radius 2 is 2.24 bits per heavy atom. The van der Waals surface area contributed by atoms with E-state index in [0.29, 0.717) is 11.3 Å². The Morgan fingerprint density at radius 3 is 2.82 bits per heavy atom. The molecule has 6 nitrogen and oxygen atoms in total. The van der Waals surface area contributed by atoms with Gasteiger partial charge in [-0.05, 0) is 11.6 Å². The fourth-order valence-corrected chi connectivity index (χ4v) is 1.86. The summed E-state index contributed by atoms with van der Waals surface area (Å²) in [6, 6.07) is -0.726. The highest BCUT2D eigenvalue weighted by Crippen LogP contribution is 2.27. The molecular weight excluding hydrogens is 226 g/mol. The molecule has 2 rings (SSSR count). The van der Waals surface area contributed by atoms with E-state index < -0.39 is 24.1 Å². The van der Waals surface area contributed by atoms with Crippen molar-refractivity contribution in [2.24, 2.45) is 0 Å². The summed E-state index contributed by atoms with van der Waals surface area (Å²) < 4.78 is 4.82. The number of hydrogen-bond acceptors (Lipinski definition) is 5. The van der Waals surface area contributed by atoms with E-state index in [0.717, 1.165) is 0 Å². The van der Waals surface area contributed by atoms with Crippen LogP contribution in [-0.2, 0) is 19.1 Å². The molecule has 0 amide bonds. The smallest absolute Gasteiger partial charge is 0.326 e. The zero-order valence-corrected chi connectivity index (χ0v) is 9.10. The van der Waals surface area contributed by atoms with Crippen molar-refractivity contribution in [3.8, 4) is 0 Å². The summed E-state index contributed by atoms with van der Waals surface area (Å²) in [5.41, 5.74) is 1.20. The number of carbonyl (C=O) groups is 3. The number of rotatable bonds is 2. The van der Waals surface area contributed by atoms with Gasteiger partial charge in [0.2, 0.25) is 5.78 Å². The molecule has 1 aliphatic heterocycles. The molecule has 90 valence electrons. The van der Waals surface area contributed by atoms with Crippen LogP contribution in [0.5, 0.6) is 0 Å². The van der Waals surface area contributed by atoms with E-state index in [9.17, 15) is 14.4 Å². The number of carboxylic acids is 1. The van der Waals surface area contributed by atoms with Gasteiger partial charge in [0.1, 0.15) is 6.04 Å². The first-order chi connectivity index (χ1) is 7.97. The summed E-state index contributed by atoms with van der Waals surface area (Å²) in [7, 11) is 0. The molecule has 0 radical (unpaired) electrons. The first kappa shape index (κ1) is 11.4. The highest BCUT2D eigenvalue weighted by Gasteiger charge is 2.34. The van der Waals surface area contributed by atoms with Crippen LogP contribution < -0.4 is 5.32 Å². The summed E-state index contributed by atoms with van der Waals surface area (Å²) in [4.78, 5) is 33.1. The van der Waals surface area contributed by atoms with Crippen LogP contribution in [-0.4, -0.2) is 35.0 Å². The predicted octanol–water partition coefficient (Wildman–Crippen LogP) is -0.242. The van der Waals surface area contributed by atoms with Crippen molar-refractivity contribution in [1.82, 2.24) is 5.32 Å². The van der Waals surface area contributed by atoms with E-state index in [-0.39, 0.29) is 12.2 Å². The molecule has 1 heterocycles. The first-order valence-corrected chi connectivity index (χ1v) is 5.10. The van der Waals surface area contributed by atoms with Gasteiger partial charge < -0.3 is 15.2 Å². The van der Waals surface area contributed by atoms with Crippen molar-refractivity contribution in [3.63, 3.8) is 0 Å². The van der Waals surface area contributed by atoms with Crippen LogP contribution in [0.15, 0.2) is 23.4 Å². The lowest BCUT2D eigenvalue weighted by Crippen LogP contribution is -2.30. The molecule has 2 aliphatic rings. The number of allylic oxidation sites excluding steroid dienone is 1. The van der Waals surface area contributed by atoms with Gasteiger partial charge in [0, 0.05) is 25.1 Å². The minimum absolute atomic E-state index is 0.284. The zero-order valence-electron chi connectivity index (χ0n) is 9.10. The highest BCUT2D eigenvalue weighted by molar-refractivity contribution is 5.99. The average Bonchev–Trinajstić information content (AvgIpc) is 2.60. The van der Waals surface area contributed by atoms with Crippen molar-refractivity contribution in [1.29, 1.82) is 0 Å². The van der Waals surface area contributed by atoms with E-state index in [4.69, 9.17) is 9.84 Å². The van der Waals surface area contributed by atoms with E-state index in [2.05, 4.69) is 5.32 Å². The largest absolute Gasteiger partial charge is 0.480 e. The third-order valence-electron chi connectivity index (χ3n) is 2.61. The van der Waals surface area contributed by atoms with Gasteiger partial charge >= 0.3 is 11.9 Å². The molecule has 17 heavy (non-hydrogen) atoms. The fourth-order valence-electron chi connectivity index (χ4n) is 1.86. The molecule has 0 aromatic heterocycles. The Kier molecular flexibility index (Phi) is 2.71. The van der Waals surface area contributed by atoms with Crippen LogP contribution in [0, 0.1) is 0 Å². The van der Waals surface area contributed by atoms with Crippen molar-refractivity contribution in [2.45, 2.75) is 25.5 Å². The third-order valence-corrected chi connectivity index (χ3v) is 2.61. The number of esters is 1. The lowest BCUT2D eigenvalue weighted by atomic mass is 9.99. The lowest BCUT2D eigenvalue weighted by Gasteiger charge is -2.16. The van der Waals surface area contributed by atoms with Gasteiger partial charge in [-0.3, -0.25) is 9.59 Å². The predicted molar refractivity (Wildman–Crippen MR) is 55.9 cm³/mol. The zero-order chi connectivity index (χ0) is 12.6. The molecule has 1 fully saturated rings. The molecule has 0 aromatic carbocycles. The SMILES string of the molecule is CC(=O)OC1C=C2CC(C(=O)O)NC2=CC1=O. The van der Waals surface area contributed by atoms with Gasteiger partial charge in [0.15, 0.2) is 6.10 Å². The normalized spacial score (nSPS) is 26.5. The Bertz CT molecular complexity index is 462. The van der Waals surface area contributed by atoms with Crippen LogP contribution in [0.1, 0.15) is 13.3 Å². The Morgan fingerprint density at radius 1 is 1.53 bits per heavy atom. The van der Waals surface area contributed by atoms with Crippen LogP contribution in [0.2, 0.25) is 0 Å². The number of ether oxygens (including phenoxy) is 1.